The molecule has 86 valence electrons. The van der Waals surface area contributed by atoms with Crippen molar-refractivity contribution in [1.82, 2.24) is 4.90 Å². The van der Waals surface area contributed by atoms with Gasteiger partial charge in [-0.3, -0.25) is 4.79 Å². The lowest BCUT2D eigenvalue weighted by atomic mass is 10.0. The second kappa shape index (κ2) is 7.27. The summed E-state index contributed by atoms with van der Waals surface area (Å²) in [5.41, 5.74) is 2.17. The number of allylic oxidation sites excluding steroid dienone is 2. The fourth-order valence-corrected chi connectivity index (χ4v) is 1.63. The molecule has 0 aromatic carbocycles. The minimum atomic E-state index is 0.191. The highest BCUT2D eigenvalue weighted by Crippen LogP contribution is 2.26. The SMILES string of the molecule is CC.CC.CN1CC2=CCCC=C2C1=O. The standard InChI is InChI=1S/C9H11NO.2C2H6/c1-10-6-7-4-2-3-5-8(7)9(10)11;2*1-2/h4-5H,2-3,6H2,1H3;2*1-2H3. The molecule has 2 heteroatoms. The zero-order valence-corrected chi connectivity index (χ0v) is 10.6. The number of likely N-dealkylation sites (N-methyl/N-ethyl adjacent to an activating group) is 1. The van der Waals surface area contributed by atoms with Gasteiger partial charge in [0.1, 0.15) is 0 Å². The maximum Gasteiger partial charge on any atom is 0.253 e. The van der Waals surface area contributed by atoms with Crippen LogP contribution in [0.4, 0.5) is 0 Å². The Balaban J connectivity index is 0.000000442. The van der Waals surface area contributed by atoms with E-state index in [1.165, 1.54) is 5.57 Å². The van der Waals surface area contributed by atoms with Crippen LogP contribution in [0.15, 0.2) is 23.3 Å². The second-order valence-corrected chi connectivity index (χ2v) is 3.09. The fourth-order valence-electron chi connectivity index (χ4n) is 1.63. The van der Waals surface area contributed by atoms with Crippen molar-refractivity contribution in [2.75, 3.05) is 13.6 Å². The van der Waals surface area contributed by atoms with Crippen LogP contribution in [0.25, 0.3) is 0 Å². The second-order valence-electron chi connectivity index (χ2n) is 3.09. The van der Waals surface area contributed by atoms with E-state index >= 15 is 0 Å². The molecule has 0 spiro atoms. The highest BCUT2D eigenvalue weighted by atomic mass is 16.2. The third kappa shape index (κ3) is 3.22. The summed E-state index contributed by atoms with van der Waals surface area (Å²) >= 11 is 0. The van der Waals surface area contributed by atoms with E-state index in [0.29, 0.717) is 0 Å². The molecule has 0 unspecified atom stereocenters. The Morgan fingerprint density at radius 1 is 1.07 bits per heavy atom. The van der Waals surface area contributed by atoms with Crippen molar-refractivity contribution < 1.29 is 4.79 Å². The van der Waals surface area contributed by atoms with Crippen LogP contribution in [-0.2, 0) is 4.79 Å². The Morgan fingerprint density at radius 3 is 2.13 bits per heavy atom. The number of amides is 1. The van der Waals surface area contributed by atoms with E-state index < -0.39 is 0 Å². The quantitative estimate of drug-likeness (QED) is 0.600. The van der Waals surface area contributed by atoms with Crippen LogP contribution in [0, 0.1) is 0 Å². The van der Waals surface area contributed by atoms with Crippen LogP contribution >= 0.6 is 0 Å². The molecule has 0 saturated carbocycles. The molecule has 1 heterocycles. The molecular formula is C13H23NO. The number of likely N-dealkylation sites (tertiary alicyclic amines) is 1. The molecule has 1 amide bonds. The molecule has 1 saturated heterocycles. The Kier molecular flexibility index (Phi) is 6.76. The average Bonchev–Trinajstić information content (AvgIpc) is 2.61. The lowest BCUT2D eigenvalue weighted by Gasteiger charge is -2.03. The number of nitrogens with zero attached hydrogens (tertiary/aromatic N) is 1. The van der Waals surface area contributed by atoms with E-state index in [9.17, 15) is 4.79 Å². The fraction of sp³-hybridized carbons (Fsp3) is 0.615. The number of hydrogen-bond donors (Lipinski definition) is 0. The summed E-state index contributed by atoms with van der Waals surface area (Å²) in [6.07, 6.45) is 6.36. The van der Waals surface area contributed by atoms with Crippen molar-refractivity contribution in [3.05, 3.63) is 23.3 Å². The Labute approximate surface area is 93.7 Å². The summed E-state index contributed by atoms with van der Waals surface area (Å²) in [6, 6.07) is 0. The van der Waals surface area contributed by atoms with E-state index in [4.69, 9.17) is 0 Å². The molecule has 2 nitrogen and oxygen atoms in total. The predicted molar refractivity (Wildman–Crippen MR) is 65.7 cm³/mol. The van der Waals surface area contributed by atoms with E-state index in [1.54, 1.807) is 4.90 Å². The summed E-state index contributed by atoms with van der Waals surface area (Å²) in [5.74, 6) is 0.191. The number of fused-ring (bicyclic) bond motifs is 1. The number of carbonyl (C=O) groups is 1. The van der Waals surface area contributed by atoms with Gasteiger partial charge in [0, 0.05) is 19.2 Å². The maximum atomic E-state index is 11.4. The minimum Gasteiger partial charge on any atom is -0.337 e. The van der Waals surface area contributed by atoms with E-state index in [2.05, 4.69) is 12.2 Å². The first kappa shape index (κ1) is 13.9. The third-order valence-electron chi connectivity index (χ3n) is 2.24. The van der Waals surface area contributed by atoms with Gasteiger partial charge in [-0.2, -0.15) is 0 Å². The molecule has 0 bridgehead atoms. The van der Waals surface area contributed by atoms with Gasteiger partial charge in [0.2, 0.25) is 0 Å². The average molecular weight is 209 g/mol. The van der Waals surface area contributed by atoms with Crippen molar-refractivity contribution in [2.45, 2.75) is 40.5 Å². The van der Waals surface area contributed by atoms with Crippen LogP contribution in [-0.4, -0.2) is 24.4 Å². The van der Waals surface area contributed by atoms with Gasteiger partial charge < -0.3 is 4.90 Å². The first-order valence-electron chi connectivity index (χ1n) is 5.94. The third-order valence-corrected chi connectivity index (χ3v) is 2.24. The van der Waals surface area contributed by atoms with Crippen LogP contribution < -0.4 is 0 Å². The Morgan fingerprint density at radius 2 is 1.60 bits per heavy atom. The highest BCUT2D eigenvalue weighted by Gasteiger charge is 2.27. The summed E-state index contributed by atoms with van der Waals surface area (Å²) in [5, 5.41) is 0. The molecule has 0 radical (unpaired) electrons. The molecule has 1 aliphatic heterocycles. The van der Waals surface area contributed by atoms with Gasteiger partial charge in [-0.15, -0.1) is 0 Å². The van der Waals surface area contributed by atoms with Gasteiger partial charge >= 0.3 is 0 Å². The maximum absolute atomic E-state index is 11.4. The molecule has 2 rings (SSSR count). The number of rotatable bonds is 0. The topological polar surface area (TPSA) is 20.3 Å². The van der Waals surface area contributed by atoms with Crippen molar-refractivity contribution in [3.63, 3.8) is 0 Å². The van der Waals surface area contributed by atoms with Crippen LogP contribution in [0.5, 0.6) is 0 Å². The van der Waals surface area contributed by atoms with Gasteiger partial charge in [-0.25, -0.2) is 0 Å². The molecular weight excluding hydrogens is 186 g/mol. The van der Waals surface area contributed by atoms with Gasteiger partial charge in [0.25, 0.3) is 5.91 Å². The lowest BCUT2D eigenvalue weighted by Crippen LogP contribution is -2.18. The predicted octanol–water partition coefficient (Wildman–Crippen LogP) is 3.16. The van der Waals surface area contributed by atoms with Crippen LogP contribution in [0.1, 0.15) is 40.5 Å². The van der Waals surface area contributed by atoms with Gasteiger partial charge in [0.05, 0.1) is 0 Å². The zero-order chi connectivity index (χ0) is 11.8. The van der Waals surface area contributed by atoms with Crippen molar-refractivity contribution in [3.8, 4) is 0 Å². The molecule has 0 aromatic heterocycles. The first-order valence-corrected chi connectivity index (χ1v) is 5.94. The Bertz CT molecular complexity index is 264. The van der Waals surface area contributed by atoms with Crippen molar-refractivity contribution in [1.29, 1.82) is 0 Å². The summed E-state index contributed by atoms with van der Waals surface area (Å²) in [6.45, 7) is 8.81. The van der Waals surface area contributed by atoms with Gasteiger partial charge in [-0.1, -0.05) is 39.8 Å². The minimum absolute atomic E-state index is 0.191. The zero-order valence-electron chi connectivity index (χ0n) is 10.6. The molecule has 2 aliphatic rings. The van der Waals surface area contributed by atoms with E-state index in [-0.39, 0.29) is 5.91 Å². The Hall–Kier alpha value is -1.05. The molecule has 0 atom stereocenters. The number of hydrogen-bond acceptors (Lipinski definition) is 1. The highest BCUT2D eigenvalue weighted by molar-refractivity contribution is 6.01. The van der Waals surface area contributed by atoms with Crippen LogP contribution in [0.3, 0.4) is 0 Å². The molecule has 15 heavy (non-hydrogen) atoms. The lowest BCUT2D eigenvalue weighted by molar-refractivity contribution is -0.123. The largest absolute Gasteiger partial charge is 0.337 e. The van der Waals surface area contributed by atoms with Gasteiger partial charge in [-0.05, 0) is 18.4 Å². The van der Waals surface area contributed by atoms with Gasteiger partial charge in [0.15, 0.2) is 0 Å². The molecule has 0 N–H and O–H groups in total. The smallest absolute Gasteiger partial charge is 0.253 e. The first-order chi connectivity index (χ1) is 7.29. The normalized spacial score (nSPS) is 17.7. The monoisotopic (exact) mass is 209 g/mol. The van der Waals surface area contributed by atoms with E-state index in [1.807, 2.05) is 34.7 Å². The summed E-state index contributed by atoms with van der Waals surface area (Å²) in [4.78, 5) is 13.1. The summed E-state index contributed by atoms with van der Waals surface area (Å²) < 4.78 is 0. The molecule has 0 aromatic rings. The summed E-state index contributed by atoms with van der Waals surface area (Å²) in [7, 11) is 1.85. The van der Waals surface area contributed by atoms with Crippen molar-refractivity contribution >= 4 is 5.91 Å². The molecule has 1 aliphatic carbocycles. The van der Waals surface area contributed by atoms with Crippen LogP contribution in [0.2, 0.25) is 0 Å². The number of carbonyl (C=O) groups excluding carboxylic acids is 1. The van der Waals surface area contributed by atoms with E-state index in [0.717, 1.165) is 25.0 Å². The van der Waals surface area contributed by atoms with Crippen molar-refractivity contribution in [2.24, 2.45) is 0 Å². The molecule has 1 fully saturated rings.